The van der Waals surface area contributed by atoms with Crippen molar-refractivity contribution in [2.45, 2.75) is 12.5 Å². The molecule has 0 N–H and O–H groups in total. The highest BCUT2D eigenvalue weighted by Crippen LogP contribution is 2.48. The highest BCUT2D eigenvalue weighted by Gasteiger charge is 2.35. The summed E-state index contributed by atoms with van der Waals surface area (Å²) in [7, 11) is 2.22. The Morgan fingerprint density at radius 2 is 1.86 bits per heavy atom. The lowest BCUT2D eigenvalue weighted by atomic mass is 10.0. The van der Waals surface area contributed by atoms with E-state index < -0.39 is 0 Å². The summed E-state index contributed by atoms with van der Waals surface area (Å²) < 4.78 is 0. The number of hydrogen-bond acceptors (Lipinski definition) is 2. The summed E-state index contributed by atoms with van der Waals surface area (Å²) in [6.45, 7) is 4.66. The quantitative estimate of drug-likeness (QED) is 0.778. The second kappa shape index (κ2) is 5.28. The normalized spacial score (nSPS) is 25.9. The Kier molecular flexibility index (Phi) is 3.28. The number of rotatable bonds is 1. The molecule has 1 atom stereocenters. The molecule has 108 valence electrons. The first-order valence-electron chi connectivity index (χ1n) is 7.94. The topological polar surface area (TPSA) is 6.48 Å². The van der Waals surface area contributed by atoms with Crippen LogP contribution in [-0.4, -0.2) is 43.0 Å². The summed E-state index contributed by atoms with van der Waals surface area (Å²) in [5, 5.41) is 0. The van der Waals surface area contributed by atoms with Gasteiger partial charge in [-0.05, 0) is 35.7 Å². The number of hydrogen-bond donors (Lipinski definition) is 0. The van der Waals surface area contributed by atoms with Crippen molar-refractivity contribution in [1.29, 1.82) is 0 Å². The van der Waals surface area contributed by atoms with Gasteiger partial charge >= 0.3 is 0 Å². The number of piperazine rings is 1. The van der Waals surface area contributed by atoms with Gasteiger partial charge in [0.05, 0.1) is 6.04 Å². The van der Waals surface area contributed by atoms with Crippen LogP contribution in [-0.2, 0) is 0 Å². The Morgan fingerprint density at radius 1 is 1.05 bits per heavy atom. The molecule has 4 rings (SSSR count). The van der Waals surface area contributed by atoms with Gasteiger partial charge in [-0.1, -0.05) is 48.6 Å². The van der Waals surface area contributed by atoms with E-state index in [1.807, 2.05) is 0 Å². The first-order chi connectivity index (χ1) is 10.3. The summed E-state index contributed by atoms with van der Waals surface area (Å²) in [6, 6.07) is 9.41. The third-order valence-corrected chi connectivity index (χ3v) is 4.93. The minimum atomic E-state index is 0.459. The van der Waals surface area contributed by atoms with Crippen molar-refractivity contribution in [2.75, 3.05) is 33.2 Å². The van der Waals surface area contributed by atoms with Gasteiger partial charge < -0.3 is 4.90 Å². The second-order valence-electron chi connectivity index (χ2n) is 6.23. The van der Waals surface area contributed by atoms with E-state index in [1.165, 1.54) is 35.4 Å². The predicted octanol–water partition coefficient (Wildman–Crippen LogP) is 3.26. The molecule has 2 heteroatoms. The van der Waals surface area contributed by atoms with Crippen LogP contribution >= 0.6 is 0 Å². The Morgan fingerprint density at radius 3 is 2.71 bits per heavy atom. The lowest BCUT2D eigenvalue weighted by molar-refractivity contribution is 0.129. The zero-order valence-electron chi connectivity index (χ0n) is 12.6. The molecule has 0 radical (unpaired) electrons. The van der Waals surface area contributed by atoms with Crippen molar-refractivity contribution < 1.29 is 0 Å². The molecule has 1 aromatic carbocycles. The minimum Gasteiger partial charge on any atom is -0.304 e. The van der Waals surface area contributed by atoms with Gasteiger partial charge in [0.25, 0.3) is 0 Å². The molecule has 0 bridgehead atoms. The molecule has 2 aliphatic carbocycles. The van der Waals surface area contributed by atoms with E-state index in [-0.39, 0.29) is 0 Å². The SMILES string of the molecule is CN1CCN(C2C3=CCC=CC=C3c3ccccc32)CC1. The van der Waals surface area contributed by atoms with Gasteiger partial charge in [-0.25, -0.2) is 0 Å². The molecule has 21 heavy (non-hydrogen) atoms. The van der Waals surface area contributed by atoms with Crippen LogP contribution in [0.4, 0.5) is 0 Å². The Bertz CT molecular complexity index is 631. The standard InChI is InChI=1S/C19H22N2/c1-20-11-13-21(14-12-20)19-17-9-4-2-3-7-15(17)16-8-5-6-10-18(16)19/h2-3,5-10,19H,4,11-14H2,1H3. The summed E-state index contributed by atoms with van der Waals surface area (Å²) in [6.07, 6.45) is 10.2. The van der Waals surface area contributed by atoms with E-state index in [1.54, 1.807) is 0 Å². The molecular formula is C19H22N2. The molecule has 1 heterocycles. The largest absolute Gasteiger partial charge is 0.304 e. The molecule has 1 saturated heterocycles. The smallest absolute Gasteiger partial charge is 0.0611 e. The van der Waals surface area contributed by atoms with E-state index in [0.29, 0.717) is 6.04 Å². The maximum Gasteiger partial charge on any atom is 0.0611 e. The number of fused-ring (bicyclic) bond motifs is 3. The van der Waals surface area contributed by atoms with Crippen molar-refractivity contribution in [3.8, 4) is 0 Å². The molecule has 3 aliphatic rings. The highest BCUT2D eigenvalue weighted by molar-refractivity contribution is 5.88. The van der Waals surface area contributed by atoms with E-state index >= 15 is 0 Å². The fraction of sp³-hybridized carbons (Fsp3) is 0.368. The van der Waals surface area contributed by atoms with Crippen molar-refractivity contribution in [1.82, 2.24) is 9.80 Å². The molecule has 0 saturated carbocycles. The van der Waals surface area contributed by atoms with E-state index in [4.69, 9.17) is 0 Å². The molecular weight excluding hydrogens is 256 g/mol. The second-order valence-corrected chi connectivity index (χ2v) is 6.23. The van der Waals surface area contributed by atoms with E-state index in [2.05, 4.69) is 65.4 Å². The fourth-order valence-corrected chi connectivity index (χ4v) is 3.77. The first kappa shape index (κ1) is 13.1. The molecule has 1 aliphatic heterocycles. The molecule has 1 aromatic rings. The summed E-state index contributed by atoms with van der Waals surface area (Å²) >= 11 is 0. The highest BCUT2D eigenvalue weighted by atomic mass is 15.3. The van der Waals surface area contributed by atoms with Gasteiger partial charge in [0, 0.05) is 26.2 Å². The number of benzene rings is 1. The predicted molar refractivity (Wildman–Crippen MR) is 88.1 cm³/mol. The summed E-state index contributed by atoms with van der Waals surface area (Å²) in [5.74, 6) is 0. The third-order valence-electron chi connectivity index (χ3n) is 4.93. The molecule has 0 spiro atoms. The zero-order chi connectivity index (χ0) is 14.2. The van der Waals surface area contributed by atoms with Crippen LogP contribution < -0.4 is 0 Å². The first-order valence-corrected chi connectivity index (χ1v) is 7.94. The summed E-state index contributed by atoms with van der Waals surface area (Å²) in [4.78, 5) is 5.09. The molecule has 0 amide bonds. The Labute approximate surface area is 127 Å². The van der Waals surface area contributed by atoms with Crippen LogP contribution in [0.1, 0.15) is 23.6 Å². The Hall–Kier alpha value is -1.64. The van der Waals surface area contributed by atoms with E-state index in [0.717, 1.165) is 19.5 Å². The van der Waals surface area contributed by atoms with Crippen molar-refractivity contribution >= 4 is 5.57 Å². The minimum absolute atomic E-state index is 0.459. The van der Waals surface area contributed by atoms with Crippen LogP contribution in [0.15, 0.2) is 54.1 Å². The van der Waals surface area contributed by atoms with Gasteiger partial charge in [-0.3, -0.25) is 4.90 Å². The van der Waals surface area contributed by atoms with Gasteiger partial charge in [0.15, 0.2) is 0 Å². The lowest BCUT2D eigenvalue weighted by Gasteiger charge is -2.37. The average molecular weight is 278 g/mol. The van der Waals surface area contributed by atoms with Crippen LogP contribution in [0, 0.1) is 0 Å². The van der Waals surface area contributed by atoms with E-state index in [9.17, 15) is 0 Å². The van der Waals surface area contributed by atoms with Gasteiger partial charge in [-0.15, -0.1) is 0 Å². The lowest BCUT2D eigenvalue weighted by Crippen LogP contribution is -2.45. The number of allylic oxidation sites excluding steroid dienone is 4. The molecule has 2 nitrogen and oxygen atoms in total. The van der Waals surface area contributed by atoms with Crippen molar-refractivity contribution in [3.63, 3.8) is 0 Å². The van der Waals surface area contributed by atoms with Gasteiger partial charge in [-0.2, -0.15) is 0 Å². The summed E-state index contributed by atoms with van der Waals surface area (Å²) in [5.41, 5.74) is 5.88. The van der Waals surface area contributed by atoms with Crippen LogP contribution in [0.3, 0.4) is 0 Å². The maximum atomic E-state index is 2.66. The van der Waals surface area contributed by atoms with Crippen LogP contribution in [0.5, 0.6) is 0 Å². The monoisotopic (exact) mass is 278 g/mol. The van der Waals surface area contributed by atoms with Gasteiger partial charge in [0.1, 0.15) is 0 Å². The molecule has 0 aromatic heterocycles. The van der Waals surface area contributed by atoms with Crippen molar-refractivity contribution in [2.24, 2.45) is 0 Å². The molecule has 1 fully saturated rings. The Balaban J connectivity index is 1.77. The van der Waals surface area contributed by atoms with Gasteiger partial charge in [0.2, 0.25) is 0 Å². The zero-order valence-corrected chi connectivity index (χ0v) is 12.6. The third kappa shape index (κ3) is 2.19. The van der Waals surface area contributed by atoms with Crippen molar-refractivity contribution in [3.05, 3.63) is 65.3 Å². The number of nitrogens with zero attached hydrogens (tertiary/aromatic N) is 2. The number of likely N-dealkylation sites (N-methyl/N-ethyl adjacent to an activating group) is 1. The maximum absolute atomic E-state index is 2.66. The molecule has 1 unspecified atom stereocenters. The fourth-order valence-electron chi connectivity index (χ4n) is 3.77. The average Bonchev–Trinajstić information content (AvgIpc) is 2.67. The van der Waals surface area contributed by atoms with Crippen LogP contribution in [0.2, 0.25) is 0 Å². The van der Waals surface area contributed by atoms with Crippen LogP contribution in [0.25, 0.3) is 5.57 Å².